The van der Waals surface area contributed by atoms with E-state index in [-0.39, 0.29) is 5.91 Å². The van der Waals surface area contributed by atoms with Crippen LogP contribution in [-0.2, 0) is 14.1 Å². The third-order valence-corrected chi connectivity index (χ3v) is 4.24. The average molecular weight is 317 g/mol. The van der Waals surface area contributed by atoms with Gasteiger partial charge >= 0.3 is 7.12 Å². The number of carbonyl (C=O) groups is 1. The van der Waals surface area contributed by atoms with Crippen LogP contribution in [-0.4, -0.2) is 35.8 Å². The van der Waals surface area contributed by atoms with Gasteiger partial charge in [0, 0.05) is 13.5 Å². The lowest BCUT2D eigenvalue weighted by molar-refractivity contribution is -0.118. The van der Waals surface area contributed by atoms with Gasteiger partial charge in [0.2, 0.25) is 5.91 Å². The van der Waals surface area contributed by atoms with Gasteiger partial charge in [0.05, 0.1) is 28.8 Å². The lowest BCUT2D eigenvalue weighted by Crippen LogP contribution is -2.41. The number of carbonyl (C=O) groups excluding carboxylic acids is 1. The normalized spacial score (nSPS) is 19.7. The quantitative estimate of drug-likeness (QED) is 0.827. The largest absolute Gasteiger partial charge is 0.492 e. The highest BCUT2D eigenvalue weighted by Gasteiger charge is 2.52. The molecule has 2 rings (SSSR count). The topological polar surface area (TPSA) is 86.5 Å². The molecule has 0 atom stereocenters. The van der Waals surface area contributed by atoms with Gasteiger partial charge in [-0.15, -0.1) is 0 Å². The molecule has 1 aliphatic rings. The summed E-state index contributed by atoms with van der Waals surface area (Å²) in [6.45, 7) is 9.77. The second kappa shape index (κ2) is 6.33. The fourth-order valence-electron chi connectivity index (χ4n) is 2.12. The van der Waals surface area contributed by atoms with Crippen molar-refractivity contribution in [3.8, 4) is 0 Å². The molecule has 7 heteroatoms. The monoisotopic (exact) mass is 317 g/mol. The van der Waals surface area contributed by atoms with E-state index < -0.39 is 18.3 Å². The van der Waals surface area contributed by atoms with Gasteiger partial charge in [-0.2, -0.15) is 0 Å². The zero-order valence-corrected chi connectivity index (χ0v) is 14.3. The molecule has 0 bridgehead atoms. The number of nitrogens with zero attached hydrogens (tertiary/aromatic N) is 1. The molecule has 1 fully saturated rings. The fourth-order valence-corrected chi connectivity index (χ4v) is 2.12. The van der Waals surface area contributed by atoms with Crippen LogP contribution in [0.1, 0.15) is 40.3 Å². The van der Waals surface area contributed by atoms with Gasteiger partial charge < -0.3 is 20.4 Å². The fraction of sp³-hybridized carbons (Fsp3) is 0.500. The Bertz CT molecular complexity index is 596. The Hall–Kier alpha value is -1.86. The molecule has 0 unspecified atom stereocenters. The van der Waals surface area contributed by atoms with Crippen molar-refractivity contribution < 1.29 is 14.1 Å². The number of anilines is 1. The highest BCUT2D eigenvalue weighted by Crippen LogP contribution is 2.38. The molecule has 3 N–H and O–H groups in total. The first kappa shape index (κ1) is 17.5. The molecule has 1 aromatic heterocycles. The van der Waals surface area contributed by atoms with Gasteiger partial charge in [-0.1, -0.05) is 0 Å². The van der Waals surface area contributed by atoms with Gasteiger partial charge in [-0.3, -0.25) is 9.78 Å². The van der Waals surface area contributed by atoms with Crippen molar-refractivity contribution in [2.45, 2.75) is 45.8 Å². The second-order valence-corrected chi connectivity index (χ2v) is 6.73. The molecule has 2 heterocycles. The Morgan fingerprint density at radius 3 is 2.39 bits per heavy atom. The van der Waals surface area contributed by atoms with Gasteiger partial charge in [0.25, 0.3) is 0 Å². The molecular formula is C16H24BN3O3. The Kier molecular flexibility index (Phi) is 4.82. The molecule has 1 aromatic rings. The summed E-state index contributed by atoms with van der Waals surface area (Å²) in [7, 11) is -0.536. The minimum Gasteiger partial charge on any atom is -0.400 e. The molecule has 0 aliphatic carbocycles. The Morgan fingerprint density at radius 2 is 1.91 bits per heavy atom. The number of nitrogens with one attached hydrogen (secondary N) is 1. The van der Waals surface area contributed by atoms with E-state index in [1.807, 2.05) is 39.8 Å². The summed E-state index contributed by atoms with van der Waals surface area (Å²) in [4.78, 5) is 15.5. The molecule has 6 nitrogen and oxygen atoms in total. The van der Waals surface area contributed by atoms with Gasteiger partial charge in [0.15, 0.2) is 0 Å². The van der Waals surface area contributed by atoms with Crippen LogP contribution in [0.3, 0.4) is 0 Å². The summed E-state index contributed by atoms with van der Waals surface area (Å²) in [6, 6.07) is 3.59. The molecule has 0 saturated carbocycles. The van der Waals surface area contributed by atoms with Crippen molar-refractivity contribution in [1.82, 2.24) is 10.3 Å². The molecule has 1 saturated heterocycles. The Balaban J connectivity index is 2.28. The molecule has 23 heavy (non-hydrogen) atoms. The number of pyridine rings is 1. The maximum Gasteiger partial charge on any atom is 0.492 e. The smallest absolute Gasteiger partial charge is 0.400 e. The Morgan fingerprint density at radius 1 is 1.30 bits per heavy atom. The summed E-state index contributed by atoms with van der Waals surface area (Å²) in [5.74, 6) is -0.113. The van der Waals surface area contributed by atoms with Crippen LogP contribution in [0.15, 0.2) is 23.8 Å². The predicted molar refractivity (Wildman–Crippen MR) is 91.4 cm³/mol. The summed E-state index contributed by atoms with van der Waals surface area (Å²) in [6.07, 6.45) is 3.45. The second-order valence-electron chi connectivity index (χ2n) is 6.73. The van der Waals surface area contributed by atoms with Crippen molar-refractivity contribution in [3.63, 3.8) is 0 Å². The van der Waals surface area contributed by atoms with Crippen LogP contribution in [0.5, 0.6) is 0 Å². The van der Waals surface area contributed by atoms with E-state index in [1.54, 1.807) is 12.3 Å². The lowest BCUT2D eigenvalue weighted by atomic mass is 9.77. The zero-order chi connectivity index (χ0) is 17.3. The molecular weight excluding hydrogens is 293 g/mol. The van der Waals surface area contributed by atoms with Gasteiger partial charge in [-0.05, 0) is 51.4 Å². The van der Waals surface area contributed by atoms with E-state index in [1.165, 1.54) is 6.92 Å². The van der Waals surface area contributed by atoms with Gasteiger partial charge in [0.1, 0.15) is 0 Å². The van der Waals surface area contributed by atoms with E-state index >= 15 is 0 Å². The van der Waals surface area contributed by atoms with Crippen molar-refractivity contribution in [1.29, 1.82) is 0 Å². The highest BCUT2D eigenvalue weighted by atomic mass is 16.7. The molecule has 0 radical (unpaired) electrons. The number of nitrogen functional groups attached to an aromatic ring is 1. The zero-order valence-electron chi connectivity index (χ0n) is 14.3. The van der Waals surface area contributed by atoms with Crippen molar-refractivity contribution in [3.05, 3.63) is 29.5 Å². The van der Waals surface area contributed by atoms with Gasteiger partial charge in [-0.25, -0.2) is 0 Å². The lowest BCUT2D eigenvalue weighted by Gasteiger charge is -2.32. The van der Waals surface area contributed by atoms with E-state index in [0.717, 1.165) is 11.2 Å². The SMILES string of the molecule is CC(=O)NCC(=Cc1ccc(N)cn1)B1OC(C)(C)C(C)(C)O1. The minimum absolute atomic E-state index is 0.113. The number of nitrogens with two attached hydrogens (primary N) is 1. The van der Waals surface area contributed by atoms with Crippen LogP contribution in [0.25, 0.3) is 6.08 Å². The predicted octanol–water partition coefficient (Wildman–Crippen LogP) is 1.81. The van der Waals surface area contributed by atoms with Crippen LogP contribution >= 0.6 is 0 Å². The van der Waals surface area contributed by atoms with E-state index in [0.29, 0.717) is 12.2 Å². The van der Waals surface area contributed by atoms with Crippen molar-refractivity contribution in [2.24, 2.45) is 0 Å². The first-order chi connectivity index (χ1) is 10.6. The number of amides is 1. The minimum atomic E-state index is -0.536. The van der Waals surface area contributed by atoms with Crippen LogP contribution < -0.4 is 11.1 Å². The average Bonchev–Trinajstić information content (AvgIpc) is 2.65. The van der Waals surface area contributed by atoms with E-state index in [9.17, 15) is 4.79 Å². The van der Waals surface area contributed by atoms with Crippen LogP contribution in [0, 0.1) is 0 Å². The van der Waals surface area contributed by atoms with Crippen molar-refractivity contribution >= 4 is 24.8 Å². The number of rotatable bonds is 4. The number of hydrogen-bond acceptors (Lipinski definition) is 5. The standard InChI is InChI=1S/C16H24BN3O3/c1-11(21)19-9-12(8-14-7-6-13(18)10-20-14)17-22-15(2,3)16(4,5)23-17/h6-8,10H,9,18H2,1-5H3,(H,19,21). The number of aromatic nitrogens is 1. The summed E-state index contributed by atoms with van der Waals surface area (Å²) in [5, 5.41) is 2.79. The summed E-state index contributed by atoms with van der Waals surface area (Å²) >= 11 is 0. The molecule has 0 spiro atoms. The third kappa shape index (κ3) is 4.12. The molecule has 1 amide bonds. The van der Waals surface area contributed by atoms with E-state index in [4.69, 9.17) is 15.0 Å². The van der Waals surface area contributed by atoms with Crippen molar-refractivity contribution in [2.75, 3.05) is 12.3 Å². The highest BCUT2D eigenvalue weighted by molar-refractivity contribution is 6.56. The first-order valence-corrected chi connectivity index (χ1v) is 7.63. The first-order valence-electron chi connectivity index (χ1n) is 7.63. The Labute approximate surface area is 137 Å². The molecule has 1 aliphatic heterocycles. The van der Waals surface area contributed by atoms with E-state index in [2.05, 4.69) is 10.3 Å². The molecule has 124 valence electrons. The maximum absolute atomic E-state index is 11.3. The maximum atomic E-state index is 11.3. The molecule has 0 aromatic carbocycles. The van der Waals surface area contributed by atoms with Crippen LogP contribution in [0.4, 0.5) is 5.69 Å². The summed E-state index contributed by atoms with van der Waals surface area (Å²) in [5.41, 5.74) is 6.90. The summed E-state index contributed by atoms with van der Waals surface area (Å²) < 4.78 is 12.1. The number of hydrogen-bond donors (Lipinski definition) is 2. The third-order valence-electron chi connectivity index (χ3n) is 4.24. The van der Waals surface area contributed by atoms with Crippen LogP contribution in [0.2, 0.25) is 0 Å².